The maximum Gasteiger partial charge on any atom is 0.274 e. The second kappa shape index (κ2) is 6.82. The lowest BCUT2D eigenvalue weighted by Crippen LogP contribution is -2.28. The lowest BCUT2D eigenvalue weighted by molar-refractivity contribution is 0.0934. The van der Waals surface area contributed by atoms with Gasteiger partial charge in [-0.15, -0.1) is 0 Å². The number of hydrogen-bond donors (Lipinski definition) is 2. The summed E-state index contributed by atoms with van der Waals surface area (Å²) < 4.78 is 2.95. The fourth-order valence-electron chi connectivity index (χ4n) is 3.23. The van der Waals surface area contributed by atoms with Crippen molar-refractivity contribution in [2.75, 3.05) is 0 Å². The molecule has 0 aliphatic carbocycles. The molecule has 9 heteroatoms. The van der Waals surface area contributed by atoms with Gasteiger partial charge in [0.1, 0.15) is 5.69 Å². The van der Waals surface area contributed by atoms with Gasteiger partial charge in [-0.1, -0.05) is 0 Å². The molecule has 3 aromatic rings. The van der Waals surface area contributed by atoms with Crippen molar-refractivity contribution in [2.45, 2.75) is 40.7 Å². The molecule has 1 atom stereocenters. The molecule has 3 heterocycles. The van der Waals surface area contributed by atoms with Gasteiger partial charge in [-0.25, -0.2) is 9.97 Å². The van der Waals surface area contributed by atoms with Crippen LogP contribution in [0.5, 0.6) is 0 Å². The Morgan fingerprint density at radius 3 is 2.33 bits per heavy atom. The molecule has 2 N–H and O–H groups in total. The van der Waals surface area contributed by atoms with Gasteiger partial charge < -0.3 is 5.32 Å². The fraction of sp³-hybridized carbons (Fsp3) is 0.389. The van der Waals surface area contributed by atoms with Crippen LogP contribution in [0.3, 0.4) is 0 Å². The monoisotopic (exact) mass is 369 g/mol. The number of carbonyl (C=O) groups excluding carboxylic acids is 1. The summed E-state index contributed by atoms with van der Waals surface area (Å²) in [5, 5.41) is 10.1. The van der Waals surface area contributed by atoms with Crippen LogP contribution in [0.4, 0.5) is 0 Å². The first-order valence-corrected chi connectivity index (χ1v) is 8.63. The van der Waals surface area contributed by atoms with Gasteiger partial charge in [0.25, 0.3) is 17.4 Å². The van der Waals surface area contributed by atoms with Crippen LogP contribution in [-0.2, 0) is 7.05 Å². The van der Waals surface area contributed by atoms with Crippen LogP contribution in [0.15, 0.2) is 16.9 Å². The largest absolute Gasteiger partial charge is 0.344 e. The molecule has 0 bridgehead atoms. The summed E-state index contributed by atoms with van der Waals surface area (Å²) in [6.07, 6.45) is 0. The molecule has 0 fully saturated rings. The number of aromatic nitrogens is 6. The summed E-state index contributed by atoms with van der Waals surface area (Å²) in [7, 11) is 1.86. The zero-order chi connectivity index (χ0) is 19.9. The topological polar surface area (TPSA) is 110 Å². The predicted octanol–water partition coefficient (Wildman–Crippen LogP) is 1.41. The van der Waals surface area contributed by atoms with Crippen molar-refractivity contribution in [3.05, 3.63) is 56.5 Å². The van der Waals surface area contributed by atoms with Crippen molar-refractivity contribution < 1.29 is 4.79 Å². The molecule has 0 aliphatic heterocycles. The minimum atomic E-state index is -0.397. The fourth-order valence-corrected chi connectivity index (χ4v) is 3.23. The first-order valence-electron chi connectivity index (χ1n) is 8.63. The number of amides is 1. The average molecular weight is 369 g/mol. The summed E-state index contributed by atoms with van der Waals surface area (Å²) in [5.74, 6) is -0.172. The lowest BCUT2D eigenvalue weighted by atomic mass is 10.1. The average Bonchev–Trinajstić information content (AvgIpc) is 3.06. The smallest absolute Gasteiger partial charge is 0.274 e. The number of nitrogens with zero attached hydrogens (tertiary/aromatic N) is 5. The minimum absolute atomic E-state index is 0.147. The SMILES string of the molecule is Cc1cc(C)nc(-n2[nH]c(C(=O)NC(C)c3c(C)nn(C)c3C)cc2=O)n1. The van der Waals surface area contributed by atoms with E-state index in [9.17, 15) is 9.59 Å². The highest BCUT2D eigenvalue weighted by atomic mass is 16.2. The van der Waals surface area contributed by atoms with E-state index in [2.05, 4.69) is 25.5 Å². The van der Waals surface area contributed by atoms with E-state index < -0.39 is 5.56 Å². The van der Waals surface area contributed by atoms with E-state index in [4.69, 9.17) is 0 Å². The van der Waals surface area contributed by atoms with Gasteiger partial charge in [-0.3, -0.25) is 19.4 Å². The third-order valence-corrected chi connectivity index (χ3v) is 4.48. The highest BCUT2D eigenvalue weighted by Gasteiger charge is 2.20. The molecule has 0 aliphatic rings. The summed E-state index contributed by atoms with van der Waals surface area (Å²) in [6.45, 7) is 9.38. The van der Waals surface area contributed by atoms with Gasteiger partial charge >= 0.3 is 0 Å². The van der Waals surface area contributed by atoms with E-state index >= 15 is 0 Å². The van der Waals surface area contributed by atoms with Gasteiger partial charge in [0.2, 0.25) is 0 Å². The lowest BCUT2D eigenvalue weighted by Gasteiger charge is -2.14. The standard InChI is InChI=1S/C18H23N7O2/c1-9-7-10(2)20-18(19-9)25-15(26)8-14(23-25)17(27)21-11(3)16-12(4)22-24(6)13(16)5/h7-8,11,23H,1-6H3,(H,21,27). The Morgan fingerprint density at radius 1 is 1.15 bits per heavy atom. The van der Waals surface area contributed by atoms with Crippen LogP contribution >= 0.6 is 0 Å². The van der Waals surface area contributed by atoms with Gasteiger partial charge in [0.15, 0.2) is 0 Å². The Labute approximate surface area is 156 Å². The number of rotatable bonds is 4. The molecule has 0 radical (unpaired) electrons. The molecular weight excluding hydrogens is 346 g/mol. The van der Waals surface area contributed by atoms with Crippen molar-refractivity contribution in [1.29, 1.82) is 0 Å². The number of hydrogen-bond acceptors (Lipinski definition) is 5. The molecule has 0 saturated heterocycles. The third-order valence-electron chi connectivity index (χ3n) is 4.48. The summed E-state index contributed by atoms with van der Waals surface area (Å²) in [5.41, 5.74) is 4.03. The Kier molecular flexibility index (Phi) is 4.69. The van der Waals surface area contributed by atoms with Gasteiger partial charge in [-0.2, -0.15) is 9.78 Å². The Morgan fingerprint density at radius 2 is 1.78 bits per heavy atom. The number of nitrogens with one attached hydrogen (secondary N) is 2. The van der Waals surface area contributed by atoms with E-state index in [1.165, 1.54) is 10.7 Å². The molecule has 0 spiro atoms. The van der Waals surface area contributed by atoms with Crippen LogP contribution in [0.25, 0.3) is 5.95 Å². The second-order valence-electron chi connectivity index (χ2n) is 6.70. The van der Waals surface area contributed by atoms with Gasteiger partial charge in [0.05, 0.1) is 11.7 Å². The zero-order valence-corrected chi connectivity index (χ0v) is 16.3. The first kappa shape index (κ1) is 18.6. The second-order valence-corrected chi connectivity index (χ2v) is 6.70. The van der Waals surface area contributed by atoms with Gasteiger partial charge in [0, 0.05) is 35.8 Å². The molecule has 27 heavy (non-hydrogen) atoms. The third kappa shape index (κ3) is 3.53. The zero-order valence-electron chi connectivity index (χ0n) is 16.3. The van der Waals surface area contributed by atoms with Crippen LogP contribution < -0.4 is 10.9 Å². The van der Waals surface area contributed by atoms with E-state index in [1.807, 2.05) is 47.7 Å². The molecule has 1 amide bonds. The van der Waals surface area contributed by atoms with Crippen molar-refractivity contribution >= 4 is 5.91 Å². The van der Waals surface area contributed by atoms with Crippen LogP contribution in [0.2, 0.25) is 0 Å². The highest BCUT2D eigenvalue weighted by Crippen LogP contribution is 2.20. The number of aromatic amines is 1. The van der Waals surface area contributed by atoms with Crippen molar-refractivity contribution in [2.24, 2.45) is 7.05 Å². The van der Waals surface area contributed by atoms with Crippen molar-refractivity contribution in [3.63, 3.8) is 0 Å². The maximum atomic E-state index is 12.6. The van der Waals surface area contributed by atoms with Crippen LogP contribution in [0, 0.1) is 27.7 Å². The summed E-state index contributed by atoms with van der Waals surface area (Å²) in [4.78, 5) is 33.4. The molecule has 0 aromatic carbocycles. The number of carbonyl (C=O) groups is 1. The van der Waals surface area contributed by atoms with E-state index in [-0.39, 0.29) is 23.6 Å². The molecule has 3 aromatic heterocycles. The normalized spacial score (nSPS) is 12.2. The van der Waals surface area contributed by atoms with Gasteiger partial charge in [-0.05, 0) is 40.7 Å². The summed E-state index contributed by atoms with van der Waals surface area (Å²) in [6, 6.07) is 2.80. The number of H-pyrrole nitrogens is 1. The molecule has 9 nitrogen and oxygen atoms in total. The summed E-state index contributed by atoms with van der Waals surface area (Å²) >= 11 is 0. The Hall–Kier alpha value is -3.23. The minimum Gasteiger partial charge on any atom is -0.344 e. The quantitative estimate of drug-likeness (QED) is 0.722. The van der Waals surface area contributed by atoms with E-state index in [0.717, 1.165) is 28.3 Å². The molecule has 142 valence electrons. The highest BCUT2D eigenvalue weighted by molar-refractivity contribution is 5.92. The Balaban J connectivity index is 1.87. The van der Waals surface area contributed by atoms with Crippen molar-refractivity contribution in [3.8, 4) is 5.95 Å². The number of aryl methyl sites for hydroxylation is 4. The maximum absolute atomic E-state index is 12.6. The van der Waals surface area contributed by atoms with Crippen LogP contribution in [0.1, 0.15) is 51.8 Å². The molecular formula is C18H23N7O2. The Bertz CT molecular complexity index is 1050. The van der Waals surface area contributed by atoms with Crippen LogP contribution in [-0.4, -0.2) is 35.4 Å². The first-order chi connectivity index (χ1) is 12.7. The molecule has 1 unspecified atom stereocenters. The van der Waals surface area contributed by atoms with E-state index in [0.29, 0.717) is 0 Å². The van der Waals surface area contributed by atoms with E-state index in [1.54, 1.807) is 4.68 Å². The van der Waals surface area contributed by atoms with Crippen molar-refractivity contribution in [1.82, 2.24) is 34.8 Å². The molecule has 0 saturated carbocycles. The predicted molar refractivity (Wildman–Crippen MR) is 100 cm³/mol. The molecule has 3 rings (SSSR count).